The summed E-state index contributed by atoms with van der Waals surface area (Å²) in [5.41, 5.74) is 3.12. The molecular weight excluding hydrogens is 454 g/mol. The number of pyridine rings is 1. The first-order valence-electron chi connectivity index (χ1n) is 16.2. The van der Waals surface area contributed by atoms with Crippen molar-refractivity contribution in [2.75, 3.05) is 0 Å². The minimum absolute atomic E-state index is 0.0538. The first-order chi connectivity index (χ1) is 21.0. The van der Waals surface area contributed by atoms with Crippen molar-refractivity contribution < 1.29 is 15.4 Å². The summed E-state index contributed by atoms with van der Waals surface area (Å²) < 4.78 is 75.4. The molecule has 4 aromatic heterocycles. The molecule has 3 aromatic carbocycles. The van der Waals surface area contributed by atoms with E-state index in [1.165, 1.54) is 24.7 Å². The third-order valence-electron chi connectivity index (χ3n) is 6.79. The van der Waals surface area contributed by atoms with Crippen LogP contribution in [0, 0.1) is 19.1 Å². The van der Waals surface area contributed by atoms with E-state index in [1.54, 1.807) is 26.8 Å². The smallest absolute Gasteiger partial charge is 0.225 e. The predicted octanol–water partition coefficient (Wildman–Crippen LogP) is 8.76. The third-order valence-corrected chi connectivity index (χ3v) is 6.79. The predicted molar refractivity (Wildman–Crippen MR) is 152 cm³/mol. The van der Waals surface area contributed by atoms with Crippen LogP contribution in [0.4, 0.5) is 0 Å². The summed E-state index contributed by atoms with van der Waals surface area (Å²) in [4.78, 5) is 8.81. The summed E-state index contributed by atoms with van der Waals surface area (Å²) in [7, 11) is 0. The topological polar surface area (TPSA) is 43.3 Å². The summed E-state index contributed by atoms with van der Waals surface area (Å²) in [6.07, 6.45) is 2.21. The Kier molecular flexibility index (Phi) is 3.14. The van der Waals surface area contributed by atoms with Crippen molar-refractivity contribution in [1.82, 2.24) is 14.4 Å². The summed E-state index contributed by atoms with van der Waals surface area (Å²) in [6.45, 7) is 0.163. The second kappa shape index (κ2) is 7.66. The highest BCUT2D eigenvalue weighted by Gasteiger charge is 2.22. The first-order valence-corrected chi connectivity index (χ1v) is 12.2. The average Bonchev–Trinajstić information content (AvgIpc) is 3.69. The molecule has 0 spiro atoms. The zero-order valence-electron chi connectivity index (χ0n) is 28.7. The molecule has 0 unspecified atom stereocenters. The van der Waals surface area contributed by atoms with Crippen LogP contribution < -0.4 is 0 Å². The van der Waals surface area contributed by atoms with Gasteiger partial charge in [-0.1, -0.05) is 39.0 Å². The molecule has 0 saturated carbocycles. The highest BCUT2D eigenvalue weighted by molar-refractivity contribution is 6.25. The number of rotatable bonds is 3. The van der Waals surface area contributed by atoms with E-state index < -0.39 is 25.5 Å². The number of nitrogens with zero attached hydrogens (tertiary/aromatic N) is 3. The van der Waals surface area contributed by atoms with Gasteiger partial charge in [-0.3, -0.25) is 4.98 Å². The zero-order chi connectivity index (χ0) is 32.3. The lowest BCUT2D eigenvalue weighted by molar-refractivity contribution is 0.410. The maximum atomic E-state index is 8.98. The monoisotopic (exact) mass is 491 g/mol. The molecule has 37 heavy (non-hydrogen) atoms. The lowest BCUT2D eigenvalue weighted by Crippen LogP contribution is -2.10. The van der Waals surface area contributed by atoms with Gasteiger partial charge in [0.25, 0.3) is 0 Å². The Morgan fingerprint density at radius 1 is 0.892 bits per heavy atom. The molecule has 0 atom stereocenters. The second-order valence-corrected chi connectivity index (χ2v) is 10.5. The number of para-hydroxylation sites is 1. The fraction of sp³-hybridized carbons (Fsp3) is 0.212. The Morgan fingerprint density at radius 2 is 1.73 bits per heavy atom. The summed E-state index contributed by atoms with van der Waals surface area (Å²) >= 11 is 0. The molecule has 0 aliphatic heterocycles. The number of benzene rings is 3. The molecule has 0 N–H and O–H groups in total. The van der Waals surface area contributed by atoms with E-state index in [0.29, 0.717) is 39.0 Å². The number of aromatic nitrogens is 3. The standard InChI is InChI=1S/C33H29N3O/c1-19-12-22(32-34-10-11-37-32)16-29-30(19)26-14-21(27-15-23(17-33(3,4)5)20(2)18-35-27)13-25-24-8-6-7-9-28(24)36(29)31(25)26/h6-16,18H,17H2,1-5H3/i1D3,2D3,17D2. The Hall–Kier alpha value is -4.18. The highest BCUT2D eigenvalue weighted by Crippen LogP contribution is 2.43. The van der Waals surface area contributed by atoms with Crippen LogP contribution in [0.25, 0.3) is 60.8 Å². The van der Waals surface area contributed by atoms with E-state index in [9.17, 15) is 0 Å². The van der Waals surface area contributed by atoms with E-state index in [4.69, 9.17) is 15.4 Å². The summed E-state index contributed by atoms with van der Waals surface area (Å²) in [6, 6.07) is 16.7. The lowest BCUT2D eigenvalue weighted by Gasteiger charge is -2.20. The summed E-state index contributed by atoms with van der Waals surface area (Å²) in [5, 5.41) is 3.07. The van der Waals surface area contributed by atoms with Crippen molar-refractivity contribution in [2.45, 2.75) is 40.8 Å². The van der Waals surface area contributed by atoms with Crippen LogP contribution in [0.5, 0.6) is 0 Å². The Bertz CT molecular complexity index is 2260. The minimum Gasteiger partial charge on any atom is -0.445 e. The van der Waals surface area contributed by atoms with E-state index in [1.807, 2.05) is 42.5 Å². The first kappa shape index (κ1) is 15.2. The molecular formula is C33H29N3O. The van der Waals surface area contributed by atoms with Gasteiger partial charge in [0.15, 0.2) is 0 Å². The Labute approximate surface area is 227 Å². The Balaban J connectivity index is 1.62. The van der Waals surface area contributed by atoms with Gasteiger partial charge in [-0.15, -0.1) is 0 Å². The van der Waals surface area contributed by atoms with Crippen molar-refractivity contribution in [3.63, 3.8) is 0 Å². The molecule has 0 aliphatic carbocycles. The van der Waals surface area contributed by atoms with Gasteiger partial charge >= 0.3 is 0 Å². The van der Waals surface area contributed by atoms with Crippen LogP contribution >= 0.6 is 0 Å². The van der Waals surface area contributed by atoms with Crippen LogP contribution in [-0.4, -0.2) is 14.4 Å². The van der Waals surface area contributed by atoms with Gasteiger partial charge < -0.3 is 8.82 Å². The van der Waals surface area contributed by atoms with Crippen LogP contribution in [0.15, 0.2) is 77.7 Å². The molecule has 4 heteroatoms. The molecule has 0 bridgehead atoms. The molecule has 0 saturated heterocycles. The van der Waals surface area contributed by atoms with E-state index in [0.717, 1.165) is 21.8 Å². The van der Waals surface area contributed by atoms with Gasteiger partial charge in [0, 0.05) is 49.8 Å². The maximum absolute atomic E-state index is 8.98. The molecule has 0 amide bonds. The number of hydrogen-bond donors (Lipinski definition) is 0. The number of fused-ring (bicyclic) bond motifs is 6. The molecule has 182 valence electrons. The largest absolute Gasteiger partial charge is 0.445 e. The molecule has 7 rings (SSSR count). The van der Waals surface area contributed by atoms with Crippen molar-refractivity contribution in [3.05, 3.63) is 89.9 Å². The fourth-order valence-corrected chi connectivity index (χ4v) is 5.38. The van der Waals surface area contributed by atoms with Crippen molar-refractivity contribution in [1.29, 1.82) is 0 Å². The molecule has 0 fully saturated rings. The number of hydrogen-bond acceptors (Lipinski definition) is 3. The molecule has 4 nitrogen and oxygen atoms in total. The normalized spacial score (nSPS) is 16.8. The van der Waals surface area contributed by atoms with Crippen molar-refractivity contribution in [2.24, 2.45) is 5.41 Å². The van der Waals surface area contributed by atoms with Gasteiger partial charge in [-0.2, -0.15) is 0 Å². The van der Waals surface area contributed by atoms with Gasteiger partial charge in [0.1, 0.15) is 6.26 Å². The van der Waals surface area contributed by atoms with E-state index in [2.05, 4.69) is 14.4 Å². The van der Waals surface area contributed by atoms with Gasteiger partial charge in [-0.05, 0) is 78.6 Å². The SMILES string of the molecule is [2H]C([2H])([2H])c1cnc(-c2cc3c4ccccc4n4c5cc(-c6ncco6)cc(C([2H])([2H])[2H])c5c(c2)c34)cc1C([2H])([2H])C(C)(C)C. The Morgan fingerprint density at radius 3 is 2.51 bits per heavy atom. The molecule has 0 aliphatic rings. The third kappa shape index (κ3) is 3.36. The van der Waals surface area contributed by atoms with Crippen LogP contribution in [0.1, 0.15) is 48.4 Å². The van der Waals surface area contributed by atoms with Crippen LogP contribution in [-0.2, 0) is 6.37 Å². The van der Waals surface area contributed by atoms with Gasteiger partial charge in [0.2, 0.25) is 5.89 Å². The van der Waals surface area contributed by atoms with Gasteiger partial charge in [0.05, 0.1) is 28.4 Å². The average molecular weight is 492 g/mol. The molecule has 4 heterocycles. The minimum atomic E-state index is -2.57. The zero-order valence-corrected chi connectivity index (χ0v) is 20.7. The second-order valence-electron chi connectivity index (χ2n) is 10.5. The highest BCUT2D eigenvalue weighted by atomic mass is 16.3. The van der Waals surface area contributed by atoms with E-state index >= 15 is 0 Å². The summed E-state index contributed by atoms with van der Waals surface area (Å²) in [5.74, 6) is 0.312. The molecule has 7 aromatic rings. The van der Waals surface area contributed by atoms with E-state index in [-0.39, 0.29) is 16.7 Å². The number of oxazole rings is 1. The van der Waals surface area contributed by atoms with Crippen molar-refractivity contribution >= 4 is 38.1 Å². The van der Waals surface area contributed by atoms with Crippen LogP contribution in [0.3, 0.4) is 0 Å². The lowest BCUT2D eigenvalue weighted by atomic mass is 9.86. The molecule has 0 radical (unpaired) electrons. The van der Waals surface area contributed by atoms with Crippen molar-refractivity contribution in [3.8, 4) is 22.7 Å². The quantitative estimate of drug-likeness (QED) is 0.248. The fourth-order valence-electron chi connectivity index (χ4n) is 5.38. The van der Waals surface area contributed by atoms with Crippen LogP contribution in [0.2, 0.25) is 0 Å². The maximum Gasteiger partial charge on any atom is 0.225 e. The van der Waals surface area contributed by atoms with Gasteiger partial charge in [-0.25, -0.2) is 4.98 Å². The number of aryl methyl sites for hydroxylation is 2.